The zero-order valence-corrected chi connectivity index (χ0v) is 22.2. The van der Waals surface area contributed by atoms with Gasteiger partial charge in [-0.3, -0.25) is 4.79 Å². The van der Waals surface area contributed by atoms with Crippen LogP contribution in [0, 0.1) is 13.8 Å². The molecule has 10 heteroatoms. The zero-order chi connectivity index (χ0) is 24.3. The van der Waals surface area contributed by atoms with Gasteiger partial charge in [-0.1, -0.05) is 25.1 Å². The number of nitrogens with zero attached hydrogens (tertiary/aromatic N) is 3. The Morgan fingerprint density at radius 3 is 2.50 bits per heavy atom. The summed E-state index contributed by atoms with van der Waals surface area (Å²) in [4.78, 5) is 24.5. The van der Waals surface area contributed by atoms with Gasteiger partial charge in [0.2, 0.25) is 15.9 Å². The molecule has 1 fully saturated rings. The monoisotopic (exact) mass is 518 g/mol. The van der Waals surface area contributed by atoms with Crippen molar-refractivity contribution in [2.75, 3.05) is 24.2 Å². The fourth-order valence-corrected chi connectivity index (χ4v) is 7.52. The number of benzene rings is 1. The number of sulfonamides is 1. The van der Waals surface area contributed by atoms with Crippen molar-refractivity contribution < 1.29 is 13.2 Å². The predicted molar refractivity (Wildman–Crippen MR) is 139 cm³/mol. The summed E-state index contributed by atoms with van der Waals surface area (Å²) < 4.78 is 27.2. The number of carbonyl (C=O) groups is 1. The summed E-state index contributed by atoms with van der Waals surface area (Å²) in [7, 11) is -3.48. The SMILES string of the molecule is CCCc1nc(SCC(=O)Nc2ccc(S(=O)(=O)N3CCCCC3)cc2)c2c(C)c(C)sc2n1. The van der Waals surface area contributed by atoms with Gasteiger partial charge in [0.15, 0.2) is 0 Å². The first-order valence-electron chi connectivity index (χ1n) is 11.6. The molecule has 0 saturated carbocycles. The van der Waals surface area contributed by atoms with Gasteiger partial charge in [-0.05, 0) is 62.9 Å². The number of fused-ring (bicyclic) bond motifs is 1. The molecule has 34 heavy (non-hydrogen) atoms. The number of piperidine rings is 1. The Balaban J connectivity index is 1.43. The molecule has 0 aliphatic carbocycles. The van der Waals surface area contributed by atoms with Crippen molar-refractivity contribution in [2.24, 2.45) is 0 Å². The molecule has 1 N–H and O–H groups in total. The molecule has 182 valence electrons. The minimum atomic E-state index is -3.48. The van der Waals surface area contributed by atoms with E-state index in [-0.39, 0.29) is 16.6 Å². The maximum atomic E-state index is 12.8. The van der Waals surface area contributed by atoms with Gasteiger partial charge < -0.3 is 5.32 Å². The summed E-state index contributed by atoms with van der Waals surface area (Å²) in [6.45, 7) is 7.38. The highest BCUT2D eigenvalue weighted by atomic mass is 32.2. The molecular formula is C24H30N4O3S3. The molecule has 0 bridgehead atoms. The summed E-state index contributed by atoms with van der Waals surface area (Å²) in [6, 6.07) is 6.42. The van der Waals surface area contributed by atoms with Crippen LogP contribution in [0.4, 0.5) is 5.69 Å². The molecule has 0 spiro atoms. The van der Waals surface area contributed by atoms with Crippen LogP contribution >= 0.6 is 23.1 Å². The van der Waals surface area contributed by atoms with Gasteiger partial charge in [0.05, 0.1) is 10.6 Å². The van der Waals surface area contributed by atoms with Crippen molar-refractivity contribution in [3.8, 4) is 0 Å². The van der Waals surface area contributed by atoms with E-state index in [4.69, 9.17) is 9.97 Å². The molecule has 0 atom stereocenters. The Bertz CT molecular complexity index is 1280. The summed E-state index contributed by atoms with van der Waals surface area (Å²) in [5.41, 5.74) is 1.74. The molecule has 1 aliphatic heterocycles. The lowest BCUT2D eigenvalue weighted by atomic mass is 10.2. The average molecular weight is 519 g/mol. The molecule has 1 aliphatic rings. The largest absolute Gasteiger partial charge is 0.325 e. The van der Waals surface area contributed by atoms with E-state index in [0.717, 1.165) is 58.7 Å². The quantitative estimate of drug-likeness (QED) is 0.327. The average Bonchev–Trinajstić information content (AvgIpc) is 3.12. The van der Waals surface area contributed by atoms with Crippen LogP contribution in [-0.2, 0) is 21.2 Å². The van der Waals surface area contributed by atoms with Crippen LogP contribution in [0.2, 0.25) is 0 Å². The molecule has 3 aromatic rings. The van der Waals surface area contributed by atoms with Gasteiger partial charge in [-0.2, -0.15) is 4.31 Å². The Hall–Kier alpha value is -2.01. The molecule has 0 radical (unpaired) electrons. The Labute approximate surface area is 209 Å². The number of aromatic nitrogens is 2. The Morgan fingerprint density at radius 1 is 1.12 bits per heavy atom. The topological polar surface area (TPSA) is 92.3 Å². The highest BCUT2D eigenvalue weighted by molar-refractivity contribution is 8.00. The van der Waals surface area contributed by atoms with E-state index in [0.29, 0.717) is 18.8 Å². The number of hydrogen-bond donors (Lipinski definition) is 1. The number of anilines is 1. The lowest BCUT2D eigenvalue weighted by Gasteiger charge is -2.25. The second kappa shape index (κ2) is 10.7. The van der Waals surface area contributed by atoms with Crippen molar-refractivity contribution in [3.05, 3.63) is 40.5 Å². The van der Waals surface area contributed by atoms with Crippen LogP contribution in [0.15, 0.2) is 34.2 Å². The van der Waals surface area contributed by atoms with Crippen LogP contribution < -0.4 is 5.32 Å². The Kier molecular flexibility index (Phi) is 7.91. The van der Waals surface area contributed by atoms with Gasteiger partial charge in [0.25, 0.3) is 0 Å². The number of thioether (sulfide) groups is 1. The van der Waals surface area contributed by atoms with E-state index in [1.165, 1.54) is 16.6 Å². The number of hydrogen-bond acceptors (Lipinski definition) is 7. The van der Waals surface area contributed by atoms with Crippen molar-refractivity contribution in [1.82, 2.24) is 14.3 Å². The predicted octanol–water partition coefficient (Wildman–Crippen LogP) is 5.17. The minimum absolute atomic E-state index is 0.162. The van der Waals surface area contributed by atoms with Gasteiger partial charge >= 0.3 is 0 Å². The zero-order valence-electron chi connectivity index (χ0n) is 19.8. The third-order valence-electron chi connectivity index (χ3n) is 5.95. The lowest BCUT2D eigenvalue weighted by molar-refractivity contribution is -0.113. The fourth-order valence-electron chi connectivity index (χ4n) is 3.99. The molecule has 1 saturated heterocycles. The second-order valence-corrected chi connectivity index (χ2v) is 12.6. The van der Waals surface area contributed by atoms with Crippen LogP contribution in [0.1, 0.15) is 48.9 Å². The van der Waals surface area contributed by atoms with E-state index in [1.807, 2.05) is 0 Å². The van der Waals surface area contributed by atoms with Crippen LogP contribution in [-0.4, -0.2) is 47.4 Å². The number of carbonyl (C=O) groups excluding carboxylic acids is 1. The summed E-state index contributed by atoms with van der Waals surface area (Å²) in [5.74, 6) is 0.856. The number of aryl methyl sites for hydroxylation is 3. The number of rotatable bonds is 8. The Morgan fingerprint density at radius 2 is 1.82 bits per heavy atom. The second-order valence-electron chi connectivity index (χ2n) is 8.48. The van der Waals surface area contributed by atoms with Gasteiger partial charge in [-0.25, -0.2) is 18.4 Å². The first kappa shape index (κ1) is 25.1. The molecule has 1 aromatic carbocycles. The van der Waals surface area contributed by atoms with Crippen molar-refractivity contribution in [3.63, 3.8) is 0 Å². The number of nitrogens with one attached hydrogen (secondary N) is 1. The maximum Gasteiger partial charge on any atom is 0.243 e. The minimum Gasteiger partial charge on any atom is -0.325 e. The normalized spacial score (nSPS) is 15.0. The first-order chi connectivity index (χ1) is 16.3. The van der Waals surface area contributed by atoms with Gasteiger partial charge in [-0.15, -0.1) is 11.3 Å². The molecule has 0 unspecified atom stereocenters. The van der Waals surface area contributed by atoms with Gasteiger partial charge in [0.1, 0.15) is 15.7 Å². The van der Waals surface area contributed by atoms with Crippen molar-refractivity contribution in [2.45, 2.75) is 62.8 Å². The summed E-state index contributed by atoms with van der Waals surface area (Å²) in [5, 5.41) is 4.74. The standard InChI is InChI=1S/C24H30N4O3S3/c1-4-8-20-26-23(22-16(2)17(3)33-24(22)27-20)32-15-21(29)25-18-9-11-19(12-10-18)34(30,31)28-13-6-5-7-14-28/h9-12H,4-8,13-15H2,1-3H3,(H,25,29). The number of thiophene rings is 1. The molecule has 7 nitrogen and oxygen atoms in total. The van der Waals surface area contributed by atoms with Crippen LogP contribution in [0.3, 0.4) is 0 Å². The van der Waals surface area contributed by atoms with E-state index >= 15 is 0 Å². The van der Waals surface area contributed by atoms with E-state index in [1.54, 1.807) is 39.9 Å². The maximum absolute atomic E-state index is 12.8. The lowest BCUT2D eigenvalue weighted by Crippen LogP contribution is -2.35. The van der Waals surface area contributed by atoms with E-state index in [9.17, 15) is 13.2 Å². The smallest absolute Gasteiger partial charge is 0.243 e. The summed E-state index contributed by atoms with van der Waals surface area (Å²) >= 11 is 3.08. The third-order valence-corrected chi connectivity index (χ3v) is 9.94. The first-order valence-corrected chi connectivity index (χ1v) is 14.8. The highest BCUT2D eigenvalue weighted by Crippen LogP contribution is 2.35. The van der Waals surface area contributed by atoms with Crippen LogP contribution in [0.25, 0.3) is 10.2 Å². The highest BCUT2D eigenvalue weighted by Gasteiger charge is 2.25. The molecule has 1 amide bonds. The van der Waals surface area contributed by atoms with Gasteiger partial charge in [0, 0.05) is 35.5 Å². The fraction of sp³-hybridized carbons (Fsp3) is 0.458. The molecule has 2 aromatic heterocycles. The van der Waals surface area contributed by atoms with E-state index in [2.05, 4.69) is 26.1 Å². The van der Waals surface area contributed by atoms with Crippen LogP contribution in [0.5, 0.6) is 0 Å². The molecule has 4 rings (SSSR count). The van der Waals surface area contributed by atoms with E-state index < -0.39 is 10.0 Å². The third kappa shape index (κ3) is 5.45. The summed E-state index contributed by atoms with van der Waals surface area (Å²) in [6.07, 6.45) is 4.63. The van der Waals surface area contributed by atoms with Crippen molar-refractivity contribution in [1.29, 1.82) is 0 Å². The molecular weight excluding hydrogens is 488 g/mol. The van der Waals surface area contributed by atoms with Crippen molar-refractivity contribution >= 4 is 54.9 Å². The molecule has 3 heterocycles. The number of amides is 1.